The number of hydrogen-bond donors (Lipinski definition) is 0. The summed E-state index contributed by atoms with van der Waals surface area (Å²) >= 11 is 9.79. The van der Waals surface area contributed by atoms with Gasteiger partial charge in [0, 0.05) is 26.0 Å². The molecule has 0 spiro atoms. The third-order valence-electron chi connectivity index (χ3n) is 5.95. The van der Waals surface area contributed by atoms with Gasteiger partial charge in [-0.15, -0.1) is 6.58 Å². The number of benzene rings is 3. The average Bonchev–Trinajstić information content (AvgIpc) is 2.88. The van der Waals surface area contributed by atoms with Crippen molar-refractivity contribution < 1.29 is 9.47 Å². The quantitative estimate of drug-likeness (QED) is 0.144. The van der Waals surface area contributed by atoms with Crippen LogP contribution in [0, 0.1) is 0 Å². The van der Waals surface area contributed by atoms with Gasteiger partial charge in [-0.1, -0.05) is 72.6 Å². The van der Waals surface area contributed by atoms with Crippen molar-refractivity contribution in [2.45, 2.75) is 46.1 Å². The summed E-state index contributed by atoms with van der Waals surface area (Å²) in [6.07, 6.45) is 4.01. The van der Waals surface area contributed by atoms with Crippen LogP contribution < -0.4 is 15.0 Å². The van der Waals surface area contributed by atoms with Crippen LogP contribution in [0.2, 0.25) is 5.02 Å². The number of rotatable bonds is 9. The van der Waals surface area contributed by atoms with E-state index in [0.29, 0.717) is 52.9 Å². The molecule has 0 atom stereocenters. The van der Waals surface area contributed by atoms with Crippen LogP contribution in [0.15, 0.2) is 81.6 Å². The first-order valence-electron chi connectivity index (χ1n) is 12.7. The first-order valence-corrected chi connectivity index (χ1v) is 13.8. The summed E-state index contributed by atoms with van der Waals surface area (Å²) in [5.74, 6) is 1.77. The standard InChI is InChI=1S/C31H31BrClN3O3/c1-6-10-21-15-20(16-27(38-7-2)28(21)39-19-22-11-8-9-12-25(22)33)18-34-36-29(37)24-17-23(32)13-14-26(24)35-30(36)31(3,4)5/h6,8-9,11-18H,1,7,10,19H2,2-5H3. The van der Waals surface area contributed by atoms with E-state index in [9.17, 15) is 4.79 Å². The highest BCUT2D eigenvalue weighted by molar-refractivity contribution is 9.10. The van der Waals surface area contributed by atoms with Gasteiger partial charge < -0.3 is 9.47 Å². The third kappa shape index (κ3) is 6.60. The first-order chi connectivity index (χ1) is 18.6. The molecule has 0 bridgehead atoms. The predicted octanol–water partition coefficient (Wildman–Crippen LogP) is 7.70. The van der Waals surface area contributed by atoms with E-state index < -0.39 is 5.41 Å². The highest BCUT2D eigenvalue weighted by atomic mass is 79.9. The highest BCUT2D eigenvalue weighted by Crippen LogP contribution is 2.35. The van der Waals surface area contributed by atoms with Gasteiger partial charge in [-0.25, -0.2) is 4.98 Å². The molecule has 0 saturated carbocycles. The fourth-order valence-electron chi connectivity index (χ4n) is 4.12. The number of halogens is 2. The summed E-state index contributed by atoms with van der Waals surface area (Å²) in [6.45, 7) is 12.6. The summed E-state index contributed by atoms with van der Waals surface area (Å²) in [5.41, 5.74) is 2.49. The second kappa shape index (κ2) is 12.2. The molecule has 0 unspecified atom stereocenters. The molecule has 39 heavy (non-hydrogen) atoms. The molecule has 1 aromatic heterocycles. The lowest BCUT2D eigenvalue weighted by atomic mass is 9.95. The minimum Gasteiger partial charge on any atom is -0.490 e. The average molecular weight is 609 g/mol. The van der Waals surface area contributed by atoms with Crippen LogP contribution in [-0.2, 0) is 18.4 Å². The first kappa shape index (κ1) is 28.6. The van der Waals surface area contributed by atoms with E-state index in [1.165, 1.54) is 4.68 Å². The maximum absolute atomic E-state index is 13.5. The Morgan fingerprint density at radius 2 is 1.87 bits per heavy atom. The minimum atomic E-state index is -0.418. The van der Waals surface area contributed by atoms with Crippen molar-refractivity contribution in [3.63, 3.8) is 0 Å². The van der Waals surface area contributed by atoms with Crippen molar-refractivity contribution in [2.24, 2.45) is 5.10 Å². The van der Waals surface area contributed by atoms with Crippen LogP contribution in [0.5, 0.6) is 11.5 Å². The van der Waals surface area contributed by atoms with Gasteiger partial charge in [-0.2, -0.15) is 9.78 Å². The van der Waals surface area contributed by atoms with Crippen LogP contribution in [-0.4, -0.2) is 22.5 Å². The van der Waals surface area contributed by atoms with Crippen molar-refractivity contribution >= 4 is 44.6 Å². The van der Waals surface area contributed by atoms with Gasteiger partial charge in [0.25, 0.3) is 5.56 Å². The number of nitrogens with zero attached hydrogens (tertiary/aromatic N) is 3. The largest absolute Gasteiger partial charge is 0.490 e. The van der Waals surface area contributed by atoms with Gasteiger partial charge in [-0.05, 0) is 55.3 Å². The van der Waals surface area contributed by atoms with Crippen molar-refractivity contribution in [3.8, 4) is 11.5 Å². The smallest absolute Gasteiger partial charge is 0.282 e. The Morgan fingerprint density at radius 3 is 2.56 bits per heavy atom. The predicted molar refractivity (Wildman–Crippen MR) is 163 cm³/mol. The van der Waals surface area contributed by atoms with Crippen LogP contribution in [0.4, 0.5) is 0 Å². The summed E-state index contributed by atoms with van der Waals surface area (Å²) in [6, 6.07) is 16.9. The third-order valence-corrected chi connectivity index (χ3v) is 6.81. The molecule has 3 aromatic carbocycles. The van der Waals surface area contributed by atoms with E-state index >= 15 is 0 Å². The maximum Gasteiger partial charge on any atom is 0.282 e. The zero-order valence-corrected chi connectivity index (χ0v) is 24.8. The van der Waals surface area contributed by atoms with Gasteiger partial charge in [0.15, 0.2) is 11.5 Å². The molecule has 202 valence electrons. The highest BCUT2D eigenvalue weighted by Gasteiger charge is 2.23. The second-order valence-electron chi connectivity index (χ2n) is 10.0. The molecule has 0 radical (unpaired) electrons. The van der Waals surface area contributed by atoms with E-state index in [-0.39, 0.29) is 5.56 Å². The van der Waals surface area contributed by atoms with Gasteiger partial charge in [0.1, 0.15) is 12.4 Å². The SMILES string of the molecule is C=CCc1cc(C=Nn2c(C(C)(C)C)nc3ccc(Br)cc3c2=O)cc(OCC)c1OCc1ccccc1Cl. The Bertz CT molecular complexity index is 1610. The van der Waals surface area contributed by atoms with Crippen molar-refractivity contribution in [3.05, 3.63) is 110 Å². The Balaban J connectivity index is 1.79. The Morgan fingerprint density at radius 1 is 1.10 bits per heavy atom. The molecule has 1 heterocycles. The van der Waals surface area contributed by atoms with Gasteiger partial charge in [0.05, 0.1) is 23.7 Å². The van der Waals surface area contributed by atoms with E-state index in [1.54, 1.807) is 12.3 Å². The molecule has 0 amide bonds. The van der Waals surface area contributed by atoms with Crippen molar-refractivity contribution in [1.29, 1.82) is 0 Å². The molecule has 4 rings (SSSR count). The number of aromatic nitrogens is 2. The van der Waals surface area contributed by atoms with Crippen LogP contribution >= 0.6 is 27.5 Å². The lowest BCUT2D eigenvalue weighted by Gasteiger charge is -2.21. The zero-order chi connectivity index (χ0) is 28.2. The lowest BCUT2D eigenvalue weighted by Crippen LogP contribution is -2.29. The molecular weight excluding hydrogens is 578 g/mol. The lowest BCUT2D eigenvalue weighted by molar-refractivity contribution is 0.267. The molecule has 0 aliphatic rings. The van der Waals surface area contributed by atoms with Crippen molar-refractivity contribution in [2.75, 3.05) is 6.61 Å². The Hall–Kier alpha value is -3.42. The molecule has 0 aliphatic heterocycles. The summed E-state index contributed by atoms with van der Waals surface area (Å²) in [4.78, 5) is 18.3. The summed E-state index contributed by atoms with van der Waals surface area (Å²) in [5, 5.41) is 5.75. The van der Waals surface area contributed by atoms with Crippen LogP contribution in [0.1, 0.15) is 50.2 Å². The minimum absolute atomic E-state index is 0.237. The number of fused-ring (bicyclic) bond motifs is 1. The zero-order valence-electron chi connectivity index (χ0n) is 22.5. The number of hydrogen-bond acceptors (Lipinski definition) is 5. The summed E-state index contributed by atoms with van der Waals surface area (Å²) < 4.78 is 14.4. The fourth-order valence-corrected chi connectivity index (χ4v) is 4.67. The molecular formula is C31H31BrClN3O3. The second-order valence-corrected chi connectivity index (χ2v) is 11.3. The molecule has 0 N–H and O–H groups in total. The van der Waals surface area contributed by atoms with Crippen molar-refractivity contribution in [1.82, 2.24) is 9.66 Å². The normalized spacial score (nSPS) is 11.7. The monoisotopic (exact) mass is 607 g/mol. The Labute approximate surface area is 242 Å². The van der Waals surface area contributed by atoms with E-state index in [1.807, 2.05) is 82.3 Å². The van der Waals surface area contributed by atoms with Gasteiger partial charge in [-0.3, -0.25) is 4.79 Å². The van der Waals surface area contributed by atoms with Crippen LogP contribution in [0.25, 0.3) is 10.9 Å². The fraction of sp³-hybridized carbons (Fsp3) is 0.258. The summed E-state index contributed by atoms with van der Waals surface area (Å²) in [7, 11) is 0. The number of allylic oxidation sites excluding steroid dienone is 1. The molecule has 6 nitrogen and oxygen atoms in total. The molecule has 0 fully saturated rings. The van der Waals surface area contributed by atoms with E-state index in [2.05, 4.69) is 27.6 Å². The Kier molecular flexibility index (Phi) is 8.93. The molecule has 4 aromatic rings. The van der Waals surface area contributed by atoms with Gasteiger partial charge in [0.2, 0.25) is 0 Å². The molecule has 0 aliphatic carbocycles. The maximum atomic E-state index is 13.5. The number of ether oxygens (including phenoxy) is 2. The topological polar surface area (TPSA) is 65.7 Å². The molecule has 8 heteroatoms. The van der Waals surface area contributed by atoms with E-state index in [4.69, 9.17) is 26.1 Å². The van der Waals surface area contributed by atoms with Crippen LogP contribution in [0.3, 0.4) is 0 Å². The van der Waals surface area contributed by atoms with Gasteiger partial charge >= 0.3 is 0 Å². The van der Waals surface area contributed by atoms with E-state index in [0.717, 1.165) is 21.2 Å². The molecule has 0 saturated heterocycles.